The molecule has 1 heterocycles. The van der Waals surface area contributed by atoms with Crippen molar-refractivity contribution in [2.45, 2.75) is 50.5 Å². The smallest absolute Gasteiger partial charge is 0.293 e. The number of sulfonamides is 1. The zero-order chi connectivity index (χ0) is 20.3. The molecule has 8 nitrogen and oxygen atoms in total. The van der Waals surface area contributed by atoms with Gasteiger partial charge in [-0.1, -0.05) is 13.8 Å². The monoisotopic (exact) mass is 410 g/mol. The summed E-state index contributed by atoms with van der Waals surface area (Å²) >= 11 is 0. The first-order valence-electron chi connectivity index (χ1n) is 10.1. The average Bonchev–Trinajstić information content (AvgIpc) is 2.69. The normalized spacial score (nSPS) is 24.3. The van der Waals surface area contributed by atoms with Gasteiger partial charge in [0.1, 0.15) is 5.69 Å². The Morgan fingerprint density at radius 1 is 1.14 bits per heavy atom. The van der Waals surface area contributed by atoms with E-state index in [-0.39, 0.29) is 16.6 Å². The molecule has 1 aromatic rings. The molecule has 0 spiro atoms. The number of nitrogens with zero attached hydrogens (tertiary/aromatic N) is 3. The van der Waals surface area contributed by atoms with Gasteiger partial charge in [0.25, 0.3) is 5.69 Å². The Hall–Kier alpha value is -1.71. The molecule has 0 atom stereocenters. The minimum Gasteiger partial charge on any atom is -0.363 e. The van der Waals surface area contributed by atoms with Crippen LogP contribution >= 0.6 is 0 Å². The van der Waals surface area contributed by atoms with E-state index in [9.17, 15) is 18.5 Å². The molecule has 0 radical (unpaired) electrons. The number of hydrogen-bond donors (Lipinski definition) is 1. The maximum absolute atomic E-state index is 12.8. The molecule has 3 rings (SSSR count). The van der Waals surface area contributed by atoms with E-state index in [4.69, 9.17) is 0 Å². The van der Waals surface area contributed by atoms with E-state index in [0.717, 1.165) is 45.3 Å². The van der Waals surface area contributed by atoms with Crippen molar-refractivity contribution in [2.75, 3.05) is 37.6 Å². The minimum absolute atomic E-state index is 0.0335. The van der Waals surface area contributed by atoms with Crippen molar-refractivity contribution in [1.29, 1.82) is 0 Å². The van der Waals surface area contributed by atoms with Crippen molar-refractivity contribution in [3.05, 3.63) is 28.3 Å². The second-order valence-corrected chi connectivity index (χ2v) is 9.62. The quantitative estimate of drug-likeness (QED) is 0.572. The molecule has 0 amide bonds. The summed E-state index contributed by atoms with van der Waals surface area (Å²) in [6.07, 6.45) is 3.61. The van der Waals surface area contributed by atoms with Crippen molar-refractivity contribution in [2.24, 2.45) is 5.92 Å². The molecular weight excluding hydrogens is 380 g/mol. The molecule has 9 heteroatoms. The molecule has 2 fully saturated rings. The third kappa shape index (κ3) is 4.82. The maximum atomic E-state index is 12.8. The summed E-state index contributed by atoms with van der Waals surface area (Å²) in [5.41, 5.74) is 0.344. The Labute approximate surface area is 167 Å². The van der Waals surface area contributed by atoms with E-state index >= 15 is 0 Å². The Morgan fingerprint density at radius 3 is 2.36 bits per heavy atom. The third-order valence-corrected chi connectivity index (χ3v) is 7.47. The third-order valence-electron chi connectivity index (χ3n) is 5.95. The fourth-order valence-electron chi connectivity index (χ4n) is 4.05. The largest absolute Gasteiger partial charge is 0.363 e. The van der Waals surface area contributed by atoms with Crippen molar-refractivity contribution in [1.82, 2.24) is 9.62 Å². The van der Waals surface area contributed by atoms with Gasteiger partial charge in [0.15, 0.2) is 0 Å². The number of nitro benzene ring substituents is 1. The fourth-order valence-corrected chi connectivity index (χ4v) is 5.38. The molecule has 0 aromatic heterocycles. The Kier molecular flexibility index (Phi) is 6.57. The van der Waals surface area contributed by atoms with Gasteiger partial charge >= 0.3 is 0 Å². The molecule has 1 N–H and O–H groups in total. The molecule has 156 valence electrons. The fraction of sp³-hybridized carbons (Fsp3) is 0.684. The van der Waals surface area contributed by atoms with Crippen LogP contribution in [0, 0.1) is 16.0 Å². The molecule has 1 aliphatic carbocycles. The lowest BCUT2D eigenvalue weighted by Gasteiger charge is -2.35. The average molecular weight is 411 g/mol. The summed E-state index contributed by atoms with van der Waals surface area (Å²) in [5, 5.41) is 11.6. The van der Waals surface area contributed by atoms with Crippen molar-refractivity contribution in [3.63, 3.8) is 0 Å². The van der Waals surface area contributed by atoms with Gasteiger partial charge in [-0.2, -0.15) is 0 Å². The van der Waals surface area contributed by atoms with Crippen LogP contribution in [0.2, 0.25) is 0 Å². The lowest BCUT2D eigenvalue weighted by atomic mass is 9.88. The first-order valence-corrected chi connectivity index (χ1v) is 11.6. The molecule has 1 aromatic carbocycles. The summed E-state index contributed by atoms with van der Waals surface area (Å²) in [5.74, 6) is 0.620. The summed E-state index contributed by atoms with van der Waals surface area (Å²) in [4.78, 5) is 15.4. The first-order chi connectivity index (χ1) is 13.3. The van der Waals surface area contributed by atoms with Gasteiger partial charge in [0.2, 0.25) is 10.0 Å². The van der Waals surface area contributed by atoms with Gasteiger partial charge in [-0.05, 0) is 50.3 Å². The number of nitro groups is 1. The SMILES string of the molecule is CCN1CCN(c2ccc(S(=O)(=O)NC3CCC(C)CC3)cc2[N+](=O)[O-])CC1. The van der Waals surface area contributed by atoms with Crippen LogP contribution in [0.1, 0.15) is 39.5 Å². The van der Waals surface area contributed by atoms with E-state index < -0.39 is 14.9 Å². The number of likely N-dealkylation sites (N-methyl/N-ethyl adjacent to an activating group) is 1. The van der Waals surface area contributed by atoms with Crippen LogP contribution in [0.5, 0.6) is 0 Å². The molecule has 1 saturated carbocycles. The van der Waals surface area contributed by atoms with Crippen molar-refractivity contribution < 1.29 is 13.3 Å². The Bertz CT molecular complexity index is 798. The predicted octanol–water partition coefficient (Wildman–Crippen LogP) is 2.59. The van der Waals surface area contributed by atoms with Gasteiger partial charge in [-0.25, -0.2) is 13.1 Å². The van der Waals surface area contributed by atoms with Gasteiger partial charge in [0, 0.05) is 38.3 Å². The standard InChI is InChI=1S/C19H30N4O4S/c1-3-21-10-12-22(13-11-21)18-9-8-17(14-19(18)23(24)25)28(26,27)20-16-6-4-15(2)5-7-16/h8-9,14-16,20H,3-7,10-13H2,1-2H3. The van der Waals surface area contributed by atoms with Crippen LogP contribution in [0.3, 0.4) is 0 Å². The highest BCUT2D eigenvalue weighted by Crippen LogP contribution is 2.32. The Balaban J connectivity index is 1.79. The first kappa shape index (κ1) is 21.0. The van der Waals surface area contributed by atoms with Crippen LogP contribution in [-0.4, -0.2) is 57.0 Å². The van der Waals surface area contributed by atoms with E-state index in [1.54, 1.807) is 6.07 Å². The summed E-state index contributed by atoms with van der Waals surface area (Å²) < 4.78 is 28.3. The van der Waals surface area contributed by atoms with E-state index in [2.05, 4.69) is 23.5 Å². The van der Waals surface area contributed by atoms with Gasteiger partial charge in [0.05, 0.1) is 9.82 Å². The highest BCUT2D eigenvalue weighted by molar-refractivity contribution is 7.89. The van der Waals surface area contributed by atoms with Crippen molar-refractivity contribution in [3.8, 4) is 0 Å². The van der Waals surface area contributed by atoms with Crippen molar-refractivity contribution >= 4 is 21.4 Å². The van der Waals surface area contributed by atoms with E-state index in [0.29, 0.717) is 24.7 Å². The lowest BCUT2D eigenvalue weighted by Crippen LogP contribution is -2.46. The topological polar surface area (TPSA) is 95.8 Å². The highest BCUT2D eigenvalue weighted by atomic mass is 32.2. The molecule has 2 aliphatic rings. The zero-order valence-electron chi connectivity index (χ0n) is 16.6. The van der Waals surface area contributed by atoms with Gasteiger partial charge in [-0.15, -0.1) is 0 Å². The van der Waals surface area contributed by atoms with Crippen LogP contribution in [0.25, 0.3) is 0 Å². The van der Waals surface area contributed by atoms with Crippen LogP contribution in [0.4, 0.5) is 11.4 Å². The zero-order valence-corrected chi connectivity index (χ0v) is 17.5. The molecule has 1 aliphatic heterocycles. The molecule has 1 saturated heterocycles. The second kappa shape index (κ2) is 8.75. The summed E-state index contributed by atoms with van der Waals surface area (Å²) in [6.45, 7) is 8.30. The predicted molar refractivity (Wildman–Crippen MR) is 109 cm³/mol. The molecular formula is C19H30N4O4S. The number of rotatable bonds is 6. The number of hydrogen-bond acceptors (Lipinski definition) is 6. The number of anilines is 1. The minimum atomic E-state index is -3.77. The summed E-state index contributed by atoms with van der Waals surface area (Å²) in [7, 11) is -3.77. The maximum Gasteiger partial charge on any atom is 0.293 e. The number of nitrogens with one attached hydrogen (secondary N) is 1. The molecule has 0 unspecified atom stereocenters. The van der Waals surface area contributed by atoms with Crippen LogP contribution < -0.4 is 9.62 Å². The molecule has 0 bridgehead atoms. The van der Waals surface area contributed by atoms with Crippen LogP contribution in [0.15, 0.2) is 23.1 Å². The van der Waals surface area contributed by atoms with E-state index in [1.807, 2.05) is 4.90 Å². The van der Waals surface area contributed by atoms with Gasteiger partial charge < -0.3 is 9.80 Å². The second-order valence-electron chi connectivity index (χ2n) is 7.91. The summed E-state index contributed by atoms with van der Waals surface area (Å²) in [6, 6.07) is 4.18. The van der Waals surface area contributed by atoms with Crippen LogP contribution in [-0.2, 0) is 10.0 Å². The lowest BCUT2D eigenvalue weighted by molar-refractivity contribution is -0.384. The molecule has 28 heavy (non-hydrogen) atoms. The van der Waals surface area contributed by atoms with E-state index in [1.165, 1.54) is 12.1 Å². The highest BCUT2D eigenvalue weighted by Gasteiger charge is 2.28. The number of benzene rings is 1. The number of piperazine rings is 1. The Morgan fingerprint density at radius 2 is 1.79 bits per heavy atom. The van der Waals surface area contributed by atoms with Gasteiger partial charge in [-0.3, -0.25) is 10.1 Å².